The first-order chi connectivity index (χ1) is 15.3. The predicted molar refractivity (Wildman–Crippen MR) is 126 cm³/mol. The van der Waals surface area contributed by atoms with Crippen molar-refractivity contribution in [2.75, 3.05) is 24.8 Å². The van der Waals surface area contributed by atoms with E-state index >= 15 is 0 Å². The number of ether oxygens (including phenoxy) is 2. The molecule has 3 aromatic rings. The molecule has 0 bridgehead atoms. The third-order valence-electron chi connectivity index (χ3n) is 4.87. The molecule has 0 unspecified atom stereocenters. The second-order valence-electron chi connectivity index (χ2n) is 7.50. The molecule has 0 saturated heterocycles. The minimum Gasteiger partial charge on any atom is -0.486 e. The van der Waals surface area contributed by atoms with Gasteiger partial charge < -0.3 is 14.8 Å². The Morgan fingerprint density at radius 2 is 1.88 bits per heavy atom. The summed E-state index contributed by atoms with van der Waals surface area (Å²) in [5.74, 6) is 0.149. The molecule has 0 aliphatic carbocycles. The van der Waals surface area contributed by atoms with Gasteiger partial charge in [-0.15, -0.1) is 11.3 Å². The summed E-state index contributed by atoms with van der Waals surface area (Å²) in [4.78, 5) is 17.5. The SMILES string of the molecule is CSc1nc2ccc(NC(=O)[C@@H](NS(=O)(=O)c3ccc4c(c3)OCCO4)C(C)C)cc2s1. The number of thiazole rings is 1. The molecule has 2 aromatic carbocycles. The zero-order valence-corrected chi connectivity index (χ0v) is 20.2. The number of aromatic nitrogens is 1. The zero-order valence-electron chi connectivity index (χ0n) is 17.7. The topological polar surface area (TPSA) is 107 Å². The van der Waals surface area contributed by atoms with Gasteiger partial charge in [-0.25, -0.2) is 13.4 Å². The van der Waals surface area contributed by atoms with Crippen LogP contribution in [-0.2, 0) is 14.8 Å². The normalized spacial score (nSPS) is 14.5. The third-order valence-corrected chi connectivity index (χ3v) is 8.31. The van der Waals surface area contributed by atoms with Crippen LogP contribution in [0, 0.1) is 5.92 Å². The fraction of sp³-hybridized carbons (Fsp3) is 0.333. The number of benzene rings is 2. The van der Waals surface area contributed by atoms with Crippen molar-refractivity contribution < 1.29 is 22.7 Å². The number of carbonyl (C=O) groups excluding carboxylic acids is 1. The molecule has 2 heterocycles. The van der Waals surface area contributed by atoms with E-state index in [1.54, 1.807) is 37.7 Å². The van der Waals surface area contributed by atoms with E-state index in [0.29, 0.717) is 30.4 Å². The van der Waals surface area contributed by atoms with Crippen LogP contribution in [-0.4, -0.2) is 44.8 Å². The molecular weight excluding hydrogens is 470 g/mol. The van der Waals surface area contributed by atoms with Crippen molar-refractivity contribution in [2.45, 2.75) is 29.1 Å². The monoisotopic (exact) mass is 493 g/mol. The molecule has 0 saturated carbocycles. The smallest absolute Gasteiger partial charge is 0.242 e. The number of rotatable bonds is 7. The highest BCUT2D eigenvalue weighted by Crippen LogP contribution is 2.33. The Bertz CT molecular complexity index is 1260. The lowest BCUT2D eigenvalue weighted by Gasteiger charge is -2.23. The minimum absolute atomic E-state index is 0.0101. The predicted octanol–water partition coefficient (Wildman–Crippen LogP) is 3.73. The van der Waals surface area contributed by atoms with Crippen molar-refractivity contribution in [1.82, 2.24) is 9.71 Å². The first kappa shape index (κ1) is 22.8. The van der Waals surface area contributed by atoms with Crippen LogP contribution in [0.5, 0.6) is 11.5 Å². The van der Waals surface area contributed by atoms with E-state index in [1.165, 1.54) is 23.5 Å². The summed E-state index contributed by atoms with van der Waals surface area (Å²) in [6, 6.07) is 8.88. The molecule has 4 rings (SSSR count). The van der Waals surface area contributed by atoms with Gasteiger partial charge in [0.1, 0.15) is 19.3 Å². The van der Waals surface area contributed by atoms with Crippen molar-refractivity contribution >= 4 is 54.9 Å². The molecule has 1 aliphatic rings. The molecule has 2 N–H and O–H groups in total. The quantitative estimate of drug-likeness (QED) is 0.483. The second kappa shape index (κ2) is 9.26. The first-order valence-corrected chi connectivity index (χ1v) is 13.5. The van der Waals surface area contributed by atoms with Crippen molar-refractivity contribution in [1.29, 1.82) is 0 Å². The number of hydrogen-bond acceptors (Lipinski definition) is 8. The highest BCUT2D eigenvalue weighted by molar-refractivity contribution is 8.00. The highest BCUT2D eigenvalue weighted by atomic mass is 32.2. The molecular formula is C21H23N3O5S3. The van der Waals surface area contributed by atoms with Crippen LogP contribution >= 0.6 is 23.1 Å². The lowest BCUT2D eigenvalue weighted by molar-refractivity contribution is -0.118. The van der Waals surface area contributed by atoms with Gasteiger partial charge in [-0.05, 0) is 42.5 Å². The van der Waals surface area contributed by atoms with E-state index in [9.17, 15) is 13.2 Å². The first-order valence-electron chi connectivity index (χ1n) is 9.94. The van der Waals surface area contributed by atoms with Crippen LogP contribution in [0.1, 0.15) is 13.8 Å². The molecule has 0 radical (unpaired) electrons. The van der Waals surface area contributed by atoms with Crippen LogP contribution in [0.25, 0.3) is 10.2 Å². The van der Waals surface area contributed by atoms with Crippen LogP contribution in [0.3, 0.4) is 0 Å². The van der Waals surface area contributed by atoms with E-state index in [-0.39, 0.29) is 10.8 Å². The fourth-order valence-corrected chi connectivity index (χ4v) is 6.09. The van der Waals surface area contributed by atoms with E-state index in [1.807, 2.05) is 18.4 Å². The summed E-state index contributed by atoms with van der Waals surface area (Å²) in [5, 5.41) is 2.83. The van der Waals surface area contributed by atoms with Gasteiger partial charge in [-0.1, -0.05) is 25.6 Å². The van der Waals surface area contributed by atoms with E-state index in [4.69, 9.17) is 9.47 Å². The van der Waals surface area contributed by atoms with Crippen molar-refractivity contribution in [2.24, 2.45) is 5.92 Å². The van der Waals surface area contributed by atoms with Crippen LogP contribution in [0.4, 0.5) is 5.69 Å². The number of thioether (sulfide) groups is 1. The summed E-state index contributed by atoms with van der Waals surface area (Å²) in [7, 11) is -3.97. The zero-order chi connectivity index (χ0) is 22.9. The molecule has 1 aliphatic heterocycles. The lowest BCUT2D eigenvalue weighted by atomic mass is 10.0. The largest absolute Gasteiger partial charge is 0.486 e. The van der Waals surface area contributed by atoms with Crippen LogP contribution < -0.4 is 19.5 Å². The Morgan fingerprint density at radius 1 is 1.12 bits per heavy atom. The van der Waals surface area contributed by atoms with E-state index in [0.717, 1.165) is 14.6 Å². The minimum atomic E-state index is -3.97. The van der Waals surface area contributed by atoms with Gasteiger partial charge in [-0.2, -0.15) is 4.72 Å². The number of sulfonamides is 1. The maximum Gasteiger partial charge on any atom is 0.242 e. The molecule has 8 nitrogen and oxygen atoms in total. The maximum absolute atomic E-state index is 13.0. The summed E-state index contributed by atoms with van der Waals surface area (Å²) in [6.07, 6.45) is 1.96. The average molecular weight is 494 g/mol. The Morgan fingerprint density at radius 3 is 2.59 bits per heavy atom. The van der Waals surface area contributed by atoms with E-state index in [2.05, 4.69) is 15.0 Å². The van der Waals surface area contributed by atoms with Gasteiger partial charge in [0.15, 0.2) is 15.8 Å². The Balaban J connectivity index is 1.53. The van der Waals surface area contributed by atoms with Crippen LogP contribution in [0.15, 0.2) is 45.6 Å². The number of fused-ring (bicyclic) bond motifs is 2. The van der Waals surface area contributed by atoms with Crippen molar-refractivity contribution in [3.63, 3.8) is 0 Å². The summed E-state index contributed by atoms with van der Waals surface area (Å²) in [6.45, 7) is 4.34. The molecule has 32 heavy (non-hydrogen) atoms. The fourth-order valence-electron chi connectivity index (χ4n) is 3.21. The van der Waals surface area contributed by atoms with Crippen molar-refractivity contribution in [3.05, 3.63) is 36.4 Å². The number of nitrogens with one attached hydrogen (secondary N) is 2. The molecule has 1 amide bonds. The van der Waals surface area contributed by atoms with E-state index < -0.39 is 22.0 Å². The van der Waals surface area contributed by atoms with Crippen molar-refractivity contribution in [3.8, 4) is 11.5 Å². The van der Waals surface area contributed by atoms with Gasteiger partial charge in [0.05, 0.1) is 15.1 Å². The molecule has 1 atom stereocenters. The lowest BCUT2D eigenvalue weighted by Crippen LogP contribution is -2.47. The summed E-state index contributed by atoms with van der Waals surface area (Å²) >= 11 is 3.10. The maximum atomic E-state index is 13.0. The number of nitrogens with zero attached hydrogens (tertiary/aromatic N) is 1. The molecule has 1 aromatic heterocycles. The Kier molecular flexibility index (Phi) is 6.61. The van der Waals surface area contributed by atoms with Gasteiger partial charge in [0.2, 0.25) is 15.9 Å². The van der Waals surface area contributed by atoms with Crippen LogP contribution in [0.2, 0.25) is 0 Å². The Labute approximate surface area is 194 Å². The molecule has 11 heteroatoms. The van der Waals surface area contributed by atoms with Gasteiger partial charge in [-0.3, -0.25) is 4.79 Å². The third kappa shape index (κ3) is 4.85. The second-order valence-corrected chi connectivity index (χ2v) is 11.3. The molecule has 0 spiro atoms. The summed E-state index contributed by atoms with van der Waals surface area (Å²) in [5.41, 5.74) is 1.44. The standard InChI is InChI=1S/C21H23N3O5S3/c1-12(2)19(20(25)22-13-4-6-15-18(10-13)31-21(23-15)30-3)24-32(26,27)14-5-7-16-17(11-14)29-9-8-28-16/h4-7,10-12,19,24H,8-9H2,1-3H3,(H,22,25)/t19-/m0/s1. The van der Waals surface area contributed by atoms with Gasteiger partial charge in [0.25, 0.3) is 0 Å². The highest BCUT2D eigenvalue weighted by Gasteiger charge is 2.29. The number of amides is 1. The summed E-state index contributed by atoms with van der Waals surface area (Å²) < 4.78 is 41.4. The number of carbonyl (C=O) groups is 1. The van der Waals surface area contributed by atoms with Gasteiger partial charge >= 0.3 is 0 Å². The number of anilines is 1. The molecule has 0 fully saturated rings. The Hall–Kier alpha value is -2.34. The average Bonchev–Trinajstić information content (AvgIpc) is 3.19. The van der Waals surface area contributed by atoms with Gasteiger partial charge in [0, 0.05) is 11.8 Å². The number of hydrogen-bond donors (Lipinski definition) is 2. The molecule has 170 valence electrons.